The van der Waals surface area contributed by atoms with Gasteiger partial charge in [0, 0.05) is 23.7 Å². The number of methoxy groups -OCH3 is 1. The van der Waals surface area contributed by atoms with Gasteiger partial charge in [0.1, 0.15) is 22.8 Å². The highest BCUT2D eigenvalue weighted by Gasteiger charge is 2.09. The van der Waals surface area contributed by atoms with E-state index in [0.717, 1.165) is 11.3 Å². The zero-order valence-electron chi connectivity index (χ0n) is 17.7. The number of nitrogens with one attached hydrogen (secondary N) is 1. The minimum absolute atomic E-state index is 0.0828. The fourth-order valence-corrected chi connectivity index (χ4v) is 3.29. The number of anilines is 1. The van der Waals surface area contributed by atoms with Gasteiger partial charge in [0.25, 0.3) is 0 Å². The van der Waals surface area contributed by atoms with Crippen molar-refractivity contribution in [1.29, 1.82) is 0 Å². The Morgan fingerprint density at radius 1 is 0.938 bits per heavy atom. The molecule has 32 heavy (non-hydrogen) atoms. The van der Waals surface area contributed by atoms with Gasteiger partial charge in [-0.15, -0.1) is 0 Å². The lowest BCUT2D eigenvalue weighted by atomic mass is 10.1. The zero-order valence-corrected chi connectivity index (χ0v) is 17.7. The summed E-state index contributed by atoms with van der Waals surface area (Å²) < 4.78 is 16.7. The van der Waals surface area contributed by atoms with Crippen molar-refractivity contribution in [2.75, 3.05) is 19.0 Å². The molecule has 0 spiro atoms. The van der Waals surface area contributed by atoms with Crippen LogP contribution in [-0.2, 0) is 4.79 Å². The Morgan fingerprint density at radius 3 is 2.47 bits per heavy atom. The van der Waals surface area contributed by atoms with Crippen molar-refractivity contribution in [2.24, 2.45) is 0 Å². The van der Waals surface area contributed by atoms with Crippen LogP contribution in [0.4, 0.5) is 5.69 Å². The van der Waals surface area contributed by atoms with E-state index in [1.165, 1.54) is 6.07 Å². The van der Waals surface area contributed by atoms with Crippen LogP contribution in [0.15, 0.2) is 88.1 Å². The summed E-state index contributed by atoms with van der Waals surface area (Å²) in [7, 11) is 1.55. The van der Waals surface area contributed by atoms with Crippen molar-refractivity contribution < 1.29 is 18.7 Å². The normalized spacial score (nSPS) is 10.7. The van der Waals surface area contributed by atoms with Crippen molar-refractivity contribution >= 4 is 22.6 Å². The van der Waals surface area contributed by atoms with E-state index in [0.29, 0.717) is 47.6 Å². The lowest BCUT2D eigenvalue weighted by Crippen LogP contribution is -2.12. The number of benzene rings is 3. The van der Waals surface area contributed by atoms with E-state index in [2.05, 4.69) is 5.32 Å². The quantitative estimate of drug-likeness (QED) is 0.386. The molecule has 0 atom stereocenters. The predicted octanol–water partition coefficient (Wildman–Crippen LogP) is 5.27. The van der Waals surface area contributed by atoms with Crippen LogP contribution in [0.25, 0.3) is 22.3 Å². The Balaban J connectivity index is 1.35. The Kier molecular flexibility index (Phi) is 6.51. The molecule has 162 valence electrons. The van der Waals surface area contributed by atoms with Crippen LogP contribution in [-0.4, -0.2) is 19.6 Å². The average molecular weight is 429 g/mol. The molecule has 0 radical (unpaired) electrons. The molecule has 3 aromatic carbocycles. The van der Waals surface area contributed by atoms with E-state index < -0.39 is 0 Å². The van der Waals surface area contributed by atoms with E-state index in [9.17, 15) is 9.59 Å². The molecular weight excluding hydrogens is 406 g/mol. The molecule has 4 aromatic rings. The maximum absolute atomic E-state index is 12.5. The average Bonchev–Trinajstić information content (AvgIpc) is 2.83. The van der Waals surface area contributed by atoms with E-state index in [-0.39, 0.29) is 11.3 Å². The highest BCUT2D eigenvalue weighted by molar-refractivity contribution is 5.91. The third kappa shape index (κ3) is 5.16. The van der Waals surface area contributed by atoms with Crippen molar-refractivity contribution in [3.63, 3.8) is 0 Å². The molecular formula is C26H23NO5. The smallest absolute Gasteiger partial charge is 0.224 e. The molecule has 6 nitrogen and oxygen atoms in total. The number of fused-ring (bicyclic) bond motifs is 1. The summed E-state index contributed by atoms with van der Waals surface area (Å²) >= 11 is 0. The number of rotatable bonds is 8. The van der Waals surface area contributed by atoms with Crippen molar-refractivity contribution in [1.82, 2.24) is 0 Å². The first-order valence-electron chi connectivity index (χ1n) is 10.3. The van der Waals surface area contributed by atoms with Crippen molar-refractivity contribution in [3.05, 3.63) is 89.1 Å². The standard InChI is InChI=1S/C26H23NO5/c1-30-21-13-14-24-22(16-21)23(28)17-25(32-24)18-9-11-19(12-10-18)27-26(29)8-5-15-31-20-6-3-2-4-7-20/h2-4,6-7,9-14,16-17H,5,8,15H2,1H3,(H,27,29). The van der Waals surface area contributed by atoms with E-state index in [1.54, 1.807) is 37.4 Å². The van der Waals surface area contributed by atoms with Crippen LogP contribution in [0, 0.1) is 0 Å². The van der Waals surface area contributed by atoms with Gasteiger partial charge in [0.15, 0.2) is 5.43 Å². The van der Waals surface area contributed by atoms with Gasteiger partial charge in [-0.05, 0) is 61.0 Å². The van der Waals surface area contributed by atoms with Gasteiger partial charge in [-0.2, -0.15) is 0 Å². The van der Waals surface area contributed by atoms with E-state index in [1.807, 2.05) is 42.5 Å². The van der Waals surface area contributed by atoms with E-state index in [4.69, 9.17) is 13.9 Å². The summed E-state index contributed by atoms with van der Waals surface area (Å²) in [5.41, 5.74) is 1.77. The predicted molar refractivity (Wildman–Crippen MR) is 124 cm³/mol. The monoisotopic (exact) mass is 429 g/mol. The number of ether oxygens (including phenoxy) is 2. The van der Waals surface area contributed by atoms with Crippen LogP contribution in [0.2, 0.25) is 0 Å². The molecule has 0 bridgehead atoms. The second-order valence-electron chi connectivity index (χ2n) is 7.23. The summed E-state index contributed by atoms with van der Waals surface area (Å²) in [6.07, 6.45) is 0.976. The second kappa shape index (κ2) is 9.83. The van der Waals surface area contributed by atoms with Gasteiger partial charge >= 0.3 is 0 Å². The maximum Gasteiger partial charge on any atom is 0.224 e. The van der Waals surface area contributed by atoms with Crippen LogP contribution in [0.3, 0.4) is 0 Å². The highest BCUT2D eigenvalue weighted by Crippen LogP contribution is 2.25. The molecule has 1 N–H and O–H groups in total. The number of carbonyl (C=O) groups excluding carboxylic acids is 1. The number of para-hydroxylation sites is 1. The summed E-state index contributed by atoms with van der Waals surface area (Å²) in [5.74, 6) is 1.77. The molecule has 6 heteroatoms. The minimum Gasteiger partial charge on any atom is -0.497 e. The second-order valence-corrected chi connectivity index (χ2v) is 7.23. The lowest BCUT2D eigenvalue weighted by molar-refractivity contribution is -0.116. The maximum atomic E-state index is 12.5. The van der Waals surface area contributed by atoms with Gasteiger partial charge in [0.05, 0.1) is 19.1 Å². The van der Waals surface area contributed by atoms with Gasteiger partial charge in [-0.25, -0.2) is 0 Å². The number of hydrogen-bond donors (Lipinski definition) is 1. The van der Waals surface area contributed by atoms with Gasteiger partial charge in [0.2, 0.25) is 5.91 Å². The third-order valence-corrected chi connectivity index (χ3v) is 4.95. The summed E-state index contributed by atoms with van der Waals surface area (Å²) in [5, 5.41) is 3.34. The summed E-state index contributed by atoms with van der Waals surface area (Å²) in [4.78, 5) is 24.7. The fourth-order valence-electron chi connectivity index (χ4n) is 3.29. The minimum atomic E-state index is -0.143. The molecule has 0 saturated carbocycles. The summed E-state index contributed by atoms with van der Waals surface area (Å²) in [6, 6.07) is 23.3. The number of hydrogen-bond acceptors (Lipinski definition) is 5. The van der Waals surface area contributed by atoms with E-state index >= 15 is 0 Å². The van der Waals surface area contributed by atoms with Crippen molar-refractivity contribution in [3.8, 4) is 22.8 Å². The van der Waals surface area contributed by atoms with Gasteiger partial charge < -0.3 is 19.2 Å². The van der Waals surface area contributed by atoms with Crippen molar-refractivity contribution in [2.45, 2.75) is 12.8 Å². The molecule has 0 unspecified atom stereocenters. The Hall–Kier alpha value is -4.06. The first-order valence-corrected chi connectivity index (χ1v) is 10.3. The van der Waals surface area contributed by atoms with Crippen LogP contribution in [0.5, 0.6) is 11.5 Å². The molecule has 0 aliphatic carbocycles. The zero-order chi connectivity index (χ0) is 22.3. The van der Waals surface area contributed by atoms with Gasteiger partial charge in [-0.1, -0.05) is 18.2 Å². The lowest BCUT2D eigenvalue weighted by Gasteiger charge is -2.08. The molecule has 0 fully saturated rings. The fraction of sp³-hybridized carbons (Fsp3) is 0.154. The first-order chi connectivity index (χ1) is 15.6. The topological polar surface area (TPSA) is 77.8 Å². The van der Waals surface area contributed by atoms with Crippen LogP contribution in [0.1, 0.15) is 12.8 Å². The molecule has 1 amide bonds. The molecule has 1 heterocycles. The van der Waals surface area contributed by atoms with Gasteiger partial charge in [-0.3, -0.25) is 9.59 Å². The molecule has 0 aliphatic heterocycles. The first kappa shape index (κ1) is 21.2. The largest absolute Gasteiger partial charge is 0.497 e. The molecule has 0 aliphatic rings. The molecule has 1 aromatic heterocycles. The highest BCUT2D eigenvalue weighted by atomic mass is 16.5. The Bertz CT molecular complexity index is 1260. The van der Waals surface area contributed by atoms with Crippen LogP contribution < -0.4 is 20.2 Å². The Labute approximate surface area is 185 Å². The molecule has 0 saturated heterocycles. The summed E-state index contributed by atoms with van der Waals surface area (Å²) in [6.45, 7) is 0.475. The van der Waals surface area contributed by atoms with Crippen LogP contribution >= 0.6 is 0 Å². The number of carbonyl (C=O) groups is 1. The Morgan fingerprint density at radius 2 is 1.72 bits per heavy atom. The third-order valence-electron chi connectivity index (χ3n) is 4.95. The number of amides is 1. The SMILES string of the molecule is COc1ccc2oc(-c3ccc(NC(=O)CCCOc4ccccc4)cc3)cc(=O)c2c1. The molecule has 4 rings (SSSR count).